The molecule has 0 saturated carbocycles. The van der Waals surface area contributed by atoms with E-state index in [2.05, 4.69) is 15.9 Å². The van der Waals surface area contributed by atoms with Crippen molar-refractivity contribution in [3.63, 3.8) is 0 Å². The highest BCUT2D eigenvalue weighted by Gasteiger charge is 2.37. The number of carbonyl (C=O) groups is 2. The van der Waals surface area contributed by atoms with Gasteiger partial charge in [-0.15, -0.1) is 0 Å². The molecular formula is C16H13BrO4. The first kappa shape index (κ1) is 14.2. The van der Waals surface area contributed by atoms with Crippen molar-refractivity contribution in [3.05, 3.63) is 45.8 Å². The predicted octanol–water partition coefficient (Wildman–Crippen LogP) is 2.89. The fraction of sp³-hybridized carbons (Fsp3) is 0.312. The molecule has 1 unspecified atom stereocenters. The number of carbonyl (C=O) groups excluding carboxylic acids is 2. The number of benzene rings is 1. The number of halogens is 1. The van der Waals surface area contributed by atoms with Crippen LogP contribution in [0.2, 0.25) is 0 Å². The maximum absolute atomic E-state index is 12.5. The molecule has 3 rings (SSSR count). The number of hydrogen-bond acceptors (Lipinski definition) is 4. The van der Waals surface area contributed by atoms with Crippen molar-refractivity contribution in [2.75, 3.05) is 5.33 Å². The number of Topliss-reactive ketones (excluding diaryl/α,β-unsaturated/α-hetero) is 2. The van der Waals surface area contributed by atoms with Crippen LogP contribution >= 0.6 is 15.9 Å². The molecule has 0 spiro atoms. The highest BCUT2D eigenvalue weighted by atomic mass is 79.9. The van der Waals surface area contributed by atoms with Gasteiger partial charge in [0.1, 0.15) is 16.9 Å². The second-order valence-electron chi connectivity index (χ2n) is 5.12. The smallest absolute Gasteiger partial charge is 0.203 e. The van der Waals surface area contributed by atoms with Crippen LogP contribution in [0.15, 0.2) is 33.5 Å². The summed E-state index contributed by atoms with van der Waals surface area (Å²) in [7, 11) is 0. The molecule has 1 atom stereocenters. The minimum absolute atomic E-state index is 0.0219. The first-order chi connectivity index (χ1) is 10.1. The second-order valence-corrected chi connectivity index (χ2v) is 5.91. The summed E-state index contributed by atoms with van der Waals surface area (Å²) in [6.45, 7) is 0. The molecule has 5 heteroatoms. The van der Waals surface area contributed by atoms with Crippen LogP contribution in [0.3, 0.4) is 0 Å². The van der Waals surface area contributed by atoms with Crippen molar-refractivity contribution < 1.29 is 14.0 Å². The predicted molar refractivity (Wildman–Crippen MR) is 82.0 cm³/mol. The fourth-order valence-corrected chi connectivity index (χ4v) is 3.06. The van der Waals surface area contributed by atoms with Crippen molar-refractivity contribution in [3.8, 4) is 0 Å². The van der Waals surface area contributed by atoms with Crippen LogP contribution < -0.4 is 5.43 Å². The molecule has 1 aliphatic carbocycles. The van der Waals surface area contributed by atoms with E-state index < -0.39 is 5.92 Å². The van der Waals surface area contributed by atoms with E-state index in [1.54, 1.807) is 24.3 Å². The molecule has 0 N–H and O–H groups in total. The molecule has 0 amide bonds. The van der Waals surface area contributed by atoms with E-state index in [0.29, 0.717) is 17.4 Å². The number of rotatable bonds is 3. The van der Waals surface area contributed by atoms with Gasteiger partial charge in [-0.25, -0.2) is 0 Å². The molecule has 0 saturated heterocycles. The molecule has 0 bridgehead atoms. The van der Waals surface area contributed by atoms with Gasteiger partial charge >= 0.3 is 0 Å². The molecular weight excluding hydrogens is 336 g/mol. The SMILES string of the molecule is O=C1Cc2oc3ccccc3c(=O)c2C(=O)C1CCCBr. The average molecular weight is 349 g/mol. The standard InChI is InChI=1S/C16H13BrO4/c17-7-3-5-9-11(18)8-13-14(15(9)19)16(20)10-4-1-2-6-12(10)21-13/h1-2,4,6,9H,3,5,7-8H2. The zero-order valence-corrected chi connectivity index (χ0v) is 12.8. The van der Waals surface area contributed by atoms with Crippen LogP contribution in [0.5, 0.6) is 0 Å². The molecule has 0 radical (unpaired) electrons. The summed E-state index contributed by atoms with van der Waals surface area (Å²) in [4.78, 5) is 37.1. The lowest BCUT2D eigenvalue weighted by atomic mass is 9.82. The monoisotopic (exact) mass is 348 g/mol. The van der Waals surface area contributed by atoms with E-state index in [0.717, 1.165) is 11.8 Å². The van der Waals surface area contributed by atoms with Crippen LogP contribution in [-0.2, 0) is 11.2 Å². The Labute approximate surface area is 129 Å². The Morgan fingerprint density at radius 2 is 1.95 bits per heavy atom. The zero-order valence-electron chi connectivity index (χ0n) is 11.2. The molecule has 1 aromatic heterocycles. The van der Waals surface area contributed by atoms with Gasteiger partial charge in [-0.3, -0.25) is 14.4 Å². The minimum Gasteiger partial charge on any atom is -0.460 e. The van der Waals surface area contributed by atoms with Gasteiger partial charge in [-0.2, -0.15) is 0 Å². The van der Waals surface area contributed by atoms with Gasteiger partial charge in [0.15, 0.2) is 11.6 Å². The molecule has 2 aromatic rings. The van der Waals surface area contributed by atoms with E-state index >= 15 is 0 Å². The molecule has 1 aliphatic rings. The van der Waals surface area contributed by atoms with Gasteiger partial charge in [0.25, 0.3) is 0 Å². The first-order valence-corrected chi connectivity index (χ1v) is 7.93. The number of fused-ring (bicyclic) bond motifs is 2. The highest BCUT2D eigenvalue weighted by Crippen LogP contribution is 2.27. The number of ketones is 2. The normalized spacial score (nSPS) is 18.0. The number of para-hydroxylation sites is 1. The molecule has 0 aliphatic heterocycles. The van der Waals surface area contributed by atoms with Gasteiger partial charge < -0.3 is 4.42 Å². The topological polar surface area (TPSA) is 64.3 Å². The maximum atomic E-state index is 12.5. The van der Waals surface area contributed by atoms with E-state index in [4.69, 9.17) is 4.42 Å². The average Bonchev–Trinajstić information content (AvgIpc) is 2.47. The molecule has 1 heterocycles. The summed E-state index contributed by atoms with van der Waals surface area (Å²) in [5.74, 6) is -1.04. The molecule has 108 valence electrons. The lowest BCUT2D eigenvalue weighted by Crippen LogP contribution is -2.36. The number of hydrogen-bond donors (Lipinski definition) is 0. The third-order valence-corrected chi connectivity index (χ3v) is 4.34. The Balaban J connectivity index is 2.16. The Morgan fingerprint density at radius 1 is 1.19 bits per heavy atom. The third-order valence-electron chi connectivity index (χ3n) is 3.78. The maximum Gasteiger partial charge on any atom is 0.203 e. The van der Waals surface area contributed by atoms with E-state index in [1.165, 1.54) is 0 Å². The van der Waals surface area contributed by atoms with E-state index in [9.17, 15) is 14.4 Å². The Hall–Kier alpha value is -1.75. The van der Waals surface area contributed by atoms with Crippen molar-refractivity contribution in [2.45, 2.75) is 19.3 Å². The fourth-order valence-electron chi connectivity index (χ4n) is 2.74. The van der Waals surface area contributed by atoms with Gasteiger partial charge in [-0.1, -0.05) is 28.1 Å². The summed E-state index contributed by atoms with van der Waals surface area (Å²) in [5, 5.41) is 1.11. The lowest BCUT2D eigenvalue weighted by Gasteiger charge is -2.20. The van der Waals surface area contributed by atoms with Gasteiger partial charge in [0, 0.05) is 5.33 Å². The number of alkyl halides is 1. The Morgan fingerprint density at radius 3 is 2.71 bits per heavy atom. The van der Waals surface area contributed by atoms with Gasteiger partial charge in [-0.05, 0) is 25.0 Å². The zero-order chi connectivity index (χ0) is 15.0. The van der Waals surface area contributed by atoms with Crippen molar-refractivity contribution >= 4 is 38.5 Å². The quantitative estimate of drug-likeness (QED) is 0.631. The summed E-state index contributed by atoms with van der Waals surface area (Å²) in [5.41, 5.74) is 0.154. The minimum atomic E-state index is -0.709. The Kier molecular flexibility index (Phi) is 3.76. The van der Waals surface area contributed by atoms with E-state index in [-0.39, 0.29) is 34.7 Å². The molecule has 21 heavy (non-hydrogen) atoms. The summed E-state index contributed by atoms with van der Waals surface area (Å²) in [6, 6.07) is 6.79. The largest absolute Gasteiger partial charge is 0.460 e. The van der Waals surface area contributed by atoms with Gasteiger partial charge in [0.2, 0.25) is 5.43 Å². The van der Waals surface area contributed by atoms with Crippen LogP contribution in [0, 0.1) is 5.92 Å². The van der Waals surface area contributed by atoms with Crippen LogP contribution in [0.1, 0.15) is 29.0 Å². The van der Waals surface area contributed by atoms with Crippen molar-refractivity contribution in [1.29, 1.82) is 0 Å². The van der Waals surface area contributed by atoms with Crippen molar-refractivity contribution in [2.24, 2.45) is 5.92 Å². The summed E-state index contributed by atoms with van der Waals surface area (Å²) < 4.78 is 5.61. The Bertz CT molecular complexity index is 790. The van der Waals surface area contributed by atoms with Crippen LogP contribution in [0.4, 0.5) is 0 Å². The van der Waals surface area contributed by atoms with Gasteiger partial charge in [0.05, 0.1) is 17.7 Å². The second kappa shape index (κ2) is 5.56. The van der Waals surface area contributed by atoms with Crippen LogP contribution in [-0.4, -0.2) is 16.9 Å². The first-order valence-electron chi connectivity index (χ1n) is 6.81. The lowest BCUT2D eigenvalue weighted by molar-refractivity contribution is -0.121. The highest BCUT2D eigenvalue weighted by molar-refractivity contribution is 9.09. The molecule has 0 fully saturated rings. The van der Waals surface area contributed by atoms with Crippen molar-refractivity contribution in [1.82, 2.24) is 0 Å². The van der Waals surface area contributed by atoms with E-state index in [1.807, 2.05) is 0 Å². The summed E-state index contributed by atoms with van der Waals surface area (Å²) in [6.07, 6.45) is 1.21. The summed E-state index contributed by atoms with van der Waals surface area (Å²) >= 11 is 3.29. The molecule has 1 aromatic carbocycles. The third kappa shape index (κ3) is 2.35. The molecule has 4 nitrogen and oxygen atoms in total. The van der Waals surface area contributed by atoms with Crippen LogP contribution in [0.25, 0.3) is 11.0 Å².